The first-order valence-corrected chi connectivity index (χ1v) is 9.17. The number of thioether (sulfide) groups is 1. The lowest BCUT2D eigenvalue weighted by molar-refractivity contribution is -0.137. The molecule has 0 saturated heterocycles. The number of aldehydes is 1. The molecule has 0 spiro atoms. The number of halogens is 3. The smallest absolute Gasteiger partial charge is 0.388 e. The van der Waals surface area contributed by atoms with E-state index in [9.17, 15) is 18.0 Å². The maximum absolute atomic E-state index is 13.1. The molecule has 0 fully saturated rings. The van der Waals surface area contributed by atoms with Gasteiger partial charge in [-0.2, -0.15) is 13.2 Å². The van der Waals surface area contributed by atoms with Crippen molar-refractivity contribution < 1.29 is 18.0 Å². The van der Waals surface area contributed by atoms with E-state index in [2.05, 4.69) is 20.6 Å². The maximum Gasteiger partial charge on any atom is 0.416 e. The van der Waals surface area contributed by atoms with Gasteiger partial charge >= 0.3 is 6.18 Å². The first kappa shape index (κ1) is 20.0. The van der Waals surface area contributed by atoms with E-state index in [4.69, 9.17) is 0 Å². The second-order valence-electron chi connectivity index (χ2n) is 6.11. The minimum absolute atomic E-state index is 0.164. The van der Waals surface area contributed by atoms with Gasteiger partial charge in [0.05, 0.1) is 16.2 Å². The van der Waals surface area contributed by atoms with Crippen LogP contribution in [-0.2, 0) is 11.0 Å². The third-order valence-corrected chi connectivity index (χ3v) is 5.70. The molecule has 148 valence electrons. The number of likely N-dealkylation sites (N-methyl/N-ethyl adjacent to an activating group) is 1. The molecule has 2 heterocycles. The van der Waals surface area contributed by atoms with Crippen molar-refractivity contribution in [3.63, 3.8) is 0 Å². The van der Waals surface area contributed by atoms with E-state index in [1.165, 1.54) is 24.0 Å². The van der Waals surface area contributed by atoms with Crippen molar-refractivity contribution in [2.75, 3.05) is 24.7 Å². The van der Waals surface area contributed by atoms with Crippen LogP contribution in [0.5, 0.6) is 0 Å². The summed E-state index contributed by atoms with van der Waals surface area (Å²) >= 11 is 1.37. The third-order valence-electron chi connectivity index (χ3n) is 4.29. The molecule has 1 atom stereocenters. The number of allylic oxidation sites excluding steroid dienone is 1. The summed E-state index contributed by atoms with van der Waals surface area (Å²) in [4.78, 5) is 22.4. The molecule has 1 aromatic carbocycles. The van der Waals surface area contributed by atoms with E-state index in [-0.39, 0.29) is 17.0 Å². The number of rotatable bonds is 5. The fourth-order valence-electron chi connectivity index (χ4n) is 2.68. The van der Waals surface area contributed by atoms with Crippen LogP contribution in [0, 0.1) is 0 Å². The molecule has 0 bridgehead atoms. The van der Waals surface area contributed by atoms with Crippen molar-refractivity contribution in [2.45, 2.75) is 18.5 Å². The van der Waals surface area contributed by atoms with Gasteiger partial charge in [0.2, 0.25) is 5.95 Å². The average Bonchev–Trinajstić information content (AvgIpc) is 2.95. The Bertz CT molecular complexity index is 932. The molecule has 6 nitrogen and oxygen atoms in total. The minimum atomic E-state index is -4.47. The molecule has 1 aliphatic heterocycles. The quantitative estimate of drug-likeness (QED) is 0.718. The number of anilines is 3. The van der Waals surface area contributed by atoms with Crippen LogP contribution in [0.4, 0.5) is 30.5 Å². The highest BCUT2D eigenvalue weighted by Gasteiger charge is 2.31. The van der Waals surface area contributed by atoms with Gasteiger partial charge in [0.1, 0.15) is 5.37 Å². The molecule has 1 aromatic heterocycles. The van der Waals surface area contributed by atoms with Crippen LogP contribution in [-0.4, -0.2) is 40.6 Å². The molecular formula is C18H18F3N5OS. The van der Waals surface area contributed by atoms with Gasteiger partial charge in [-0.1, -0.05) is 11.8 Å². The van der Waals surface area contributed by atoms with Crippen LogP contribution >= 0.6 is 11.8 Å². The average molecular weight is 409 g/mol. The van der Waals surface area contributed by atoms with Crippen molar-refractivity contribution in [3.05, 3.63) is 47.4 Å². The predicted octanol–water partition coefficient (Wildman–Crippen LogP) is 4.17. The van der Waals surface area contributed by atoms with Crippen molar-refractivity contribution >= 4 is 40.3 Å². The van der Waals surface area contributed by atoms with Gasteiger partial charge < -0.3 is 20.3 Å². The molecular weight excluding hydrogens is 391 g/mol. The topological polar surface area (TPSA) is 70.2 Å². The fraction of sp³-hybridized carbons (Fsp3) is 0.278. The number of aromatic nitrogens is 2. The van der Waals surface area contributed by atoms with Gasteiger partial charge in [-0.3, -0.25) is 0 Å². The Balaban J connectivity index is 1.91. The lowest BCUT2D eigenvalue weighted by atomic mass is 10.1. The fourth-order valence-corrected chi connectivity index (χ4v) is 3.85. The molecule has 1 aliphatic rings. The number of carbonyl (C=O) groups excluding carboxylic acids is 1. The number of hydrogen-bond acceptors (Lipinski definition) is 7. The van der Waals surface area contributed by atoms with Gasteiger partial charge in [-0.15, -0.1) is 0 Å². The highest BCUT2D eigenvalue weighted by Crippen LogP contribution is 2.41. The van der Waals surface area contributed by atoms with E-state index >= 15 is 0 Å². The first-order valence-electron chi connectivity index (χ1n) is 8.29. The number of hydrogen-bond donors (Lipinski definition) is 2. The lowest BCUT2D eigenvalue weighted by Gasteiger charge is -2.16. The molecule has 2 aromatic rings. The zero-order chi connectivity index (χ0) is 20.5. The Morgan fingerprint density at radius 1 is 1.25 bits per heavy atom. The summed E-state index contributed by atoms with van der Waals surface area (Å²) in [6, 6.07) is 5.27. The van der Waals surface area contributed by atoms with E-state index < -0.39 is 11.7 Å². The van der Waals surface area contributed by atoms with Crippen LogP contribution in [0.15, 0.2) is 36.2 Å². The van der Waals surface area contributed by atoms with Crippen molar-refractivity contribution in [1.82, 2.24) is 14.9 Å². The molecule has 0 saturated carbocycles. The second-order valence-corrected chi connectivity index (χ2v) is 7.23. The molecule has 3 rings (SSSR count). The summed E-state index contributed by atoms with van der Waals surface area (Å²) in [5.41, 5.74) is 1.23. The Hall–Kier alpha value is -2.75. The Labute approximate surface area is 164 Å². The minimum Gasteiger partial charge on any atom is -0.388 e. The third kappa shape index (κ3) is 4.06. The van der Waals surface area contributed by atoms with Crippen LogP contribution < -0.4 is 10.6 Å². The predicted molar refractivity (Wildman–Crippen MR) is 104 cm³/mol. The summed E-state index contributed by atoms with van der Waals surface area (Å²) in [6.45, 7) is 1.88. The highest BCUT2D eigenvalue weighted by molar-refractivity contribution is 8.09. The van der Waals surface area contributed by atoms with Crippen LogP contribution in [0.2, 0.25) is 0 Å². The summed E-state index contributed by atoms with van der Waals surface area (Å²) in [5, 5.41) is 5.21. The molecule has 0 aliphatic carbocycles. The number of nitrogens with one attached hydrogen (secondary N) is 2. The zero-order valence-electron chi connectivity index (χ0n) is 15.3. The zero-order valence-corrected chi connectivity index (χ0v) is 16.1. The monoisotopic (exact) mass is 409 g/mol. The molecule has 28 heavy (non-hydrogen) atoms. The van der Waals surface area contributed by atoms with Crippen molar-refractivity contribution in [3.8, 4) is 0 Å². The normalized spacial score (nSPS) is 17.1. The largest absolute Gasteiger partial charge is 0.416 e. The van der Waals surface area contributed by atoms with E-state index in [1.807, 2.05) is 18.9 Å². The number of benzene rings is 1. The molecule has 1 unspecified atom stereocenters. The number of carbonyl (C=O) groups is 1. The highest BCUT2D eigenvalue weighted by atomic mass is 32.2. The van der Waals surface area contributed by atoms with Crippen molar-refractivity contribution in [1.29, 1.82) is 0 Å². The van der Waals surface area contributed by atoms with E-state index in [0.717, 1.165) is 29.0 Å². The van der Waals surface area contributed by atoms with Crippen LogP contribution in [0.25, 0.3) is 4.91 Å². The molecule has 0 radical (unpaired) electrons. The summed E-state index contributed by atoms with van der Waals surface area (Å²) in [6.07, 6.45) is -2.10. The Kier molecular flexibility index (Phi) is 5.50. The number of alkyl halides is 3. The van der Waals surface area contributed by atoms with Crippen LogP contribution in [0.3, 0.4) is 0 Å². The maximum atomic E-state index is 13.1. The molecule has 2 N–H and O–H groups in total. The second kappa shape index (κ2) is 7.70. The van der Waals surface area contributed by atoms with Gasteiger partial charge in [-0.05, 0) is 31.2 Å². The first-order chi connectivity index (χ1) is 13.2. The van der Waals surface area contributed by atoms with Gasteiger partial charge in [-0.25, -0.2) is 9.97 Å². The Morgan fingerprint density at radius 3 is 2.57 bits per heavy atom. The lowest BCUT2D eigenvalue weighted by Crippen LogP contribution is -2.23. The Morgan fingerprint density at radius 2 is 1.96 bits per heavy atom. The standard InChI is InChI=1S/C18H18F3N5OS/c1-10-16(28-15(9-27)26(10)3)14-4-5-23-17(25-14)24-13-7-11(18(19,20)21)6-12(8-13)22-2/h4-9,15,22H,1-3H3,(H,23,24,25). The SMILES string of the molecule is CNc1cc(Nc2nccc(C3=C(C)N(C)C(C=O)S3)n2)cc(C(F)(F)F)c1. The van der Waals surface area contributed by atoms with Gasteiger partial charge in [0, 0.05) is 37.4 Å². The van der Waals surface area contributed by atoms with E-state index in [1.54, 1.807) is 13.1 Å². The summed E-state index contributed by atoms with van der Waals surface area (Å²) in [7, 11) is 3.36. The summed E-state index contributed by atoms with van der Waals surface area (Å²) in [5.74, 6) is 0.164. The van der Waals surface area contributed by atoms with E-state index in [0.29, 0.717) is 11.4 Å². The molecule has 10 heteroatoms. The van der Waals surface area contributed by atoms with Gasteiger partial charge in [0.25, 0.3) is 0 Å². The number of nitrogens with zero attached hydrogens (tertiary/aromatic N) is 3. The van der Waals surface area contributed by atoms with Crippen LogP contribution in [0.1, 0.15) is 18.2 Å². The summed E-state index contributed by atoms with van der Waals surface area (Å²) < 4.78 is 39.3. The van der Waals surface area contributed by atoms with Crippen molar-refractivity contribution in [2.24, 2.45) is 0 Å². The molecule has 0 amide bonds. The van der Waals surface area contributed by atoms with Gasteiger partial charge in [0.15, 0.2) is 6.29 Å².